The van der Waals surface area contributed by atoms with Crippen molar-refractivity contribution in [3.63, 3.8) is 0 Å². The molecule has 1 aromatic rings. The number of carbonyl (C=O) groups excluding carboxylic acids is 1. The summed E-state index contributed by atoms with van der Waals surface area (Å²) in [7, 11) is 1.56. The van der Waals surface area contributed by atoms with Gasteiger partial charge in [0.1, 0.15) is 0 Å². The molecule has 1 aromatic heterocycles. The van der Waals surface area contributed by atoms with E-state index in [4.69, 9.17) is 4.74 Å². The molecule has 1 amide bonds. The van der Waals surface area contributed by atoms with Crippen LogP contribution in [0.5, 0.6) is 6.01 Å². The quantitative estimate of drug-likeness (QED) is 0.768. The van der Waals surface area contributed by atoms with Crippen LogP contribution in [-0.2, 0) is 0 Å². The molecule has 0 aliphatic heterocycles. The number of nitrogens with one attached hydrogen (secondary N) is 1. The van der Waals surface area contributed by atoms with E-state index >= 15 is 0 Å². The highest BCUT2D eigenvalue weighted by Gasteiger charge is 2.05. The van der Waals surface area contributed by atoms with Crippen LogP contribution in [0.25, 0.3) is 0 Å². The van der Waals surface area contributed by atoms with E-state index in [1.807, 2.05) is 13.8 Å². The Labute approximate surface area is 82.5 Å². The van der Waals surface area contributed by atoms with Crippen molar-refractivity contribution in [3.05, 3.63) is 18.0 Å². The average Bonchev–Trinajstić information content (AvgIpc) is 2.17. The molecule has 0 saturated heterocycles. The number of hydrogen-bond acceptors (Lipinski definition) is 4. The molecule has 1 rings (SSSR count). The molecule has 0 fully saturated rings. The van der Waals surface area contributed by atoms with Gasteiger partial charge in [-0.05, 0) is 13.8 Å². The van der Waals surface area contributed by atoms with E-state index in [2.05, 4.69) is 15.3 Å². The highest BCUT2D eigenvalue weighted by Crippen LogP contribution is 2.04. The van der Waals surface area contributed by atoms with Gasteiger partial charge in [-0.1, -0.05) is 0 Å². The molecule has 14 heavy (non-hydrogen) atoms. The molecule has 1 N–H and O–H groups in total. The molecule has 0 spiro atoms. The van der Waals surface area contributed by atoms with Gasteiger partial charge in [-0.15, -0.1) is 0 Å². The molecule has 76 valence electrons. The van der Waals surface area contributed by atoms with Crippen molar-refractivity contribution in [2.45, 2.75) is 20.0 Å². The standard InChI is InChI=1S/C9H13N3O2/c1-6(2)14-9-11-4-7(5-12-9)8(13)10-3/h4-6H,1-3H3,(H,10,13). The van der Waals surface area contributed by atoms with Crippen LogP contribution in [0.1, 0.15) is 24.2 Å². The smallest absolute Gasteiger partial charge is 0.316 e. The Balaban J connectivity index is 2.73. The molecular formula is C9H13N3O2. The van der Waals surface area contributed by atoms with Crippen molar-refractivity contribution in [2.75, 3.05) is 7.05 Å². The van der Waals surface area contributed by atoms with E-state index in [1.54, 1.807) is 7.05 Å². The molecule has 1 heterocycles. The van der Waals surface area contributed by atoms with Crippen LogP contribution in [0, 0.1) is 0 Å². The lowest BCUT2D eigenvalue weighted by Gasteiger charge is -2.06. The summed E-state index contributed by atoms with van der Waals surface area (Å²) in [6.07, 6.45) is 2.90. The first-order chi connectivity index (χ1) is 6.63. The summed E-state index contributed by atoms with van der Waals surface area (Å²) in [5, 5.41) is 2.48. The lowest BCUT2D eigenvalue weighted by Crippen LogP contribution is -2.18. The van der Waals surface area contributed by atoms with Crippen LogP contribution in [0.4, 0.5) is 0 Å². The first kappa shape index (κ1) is 10.4. The number of aromatic nitrogens is 2. The summed E-state index contributed by atoms with van der Waals surface area (Å²) >= 11 is 0. The van der Waals surface area contributed by atoms with Crippen LogP contribution in [0.3, 0.4) is 0 Å². The van der Waals surface area contributed by atoms with Gasteiger partial charge in [0.2, 0.25) is 0 Å². The number of hydrogen-bond donors (Lipinski definition) is 1. The second kappa shape index (κ2) is 4.55. The normalized spacial score (nSPS) is 10.0. The molecule has 0 unspecified atom stereocenters. The van der Waals surface area contributed by atoms with Crippen molar-refractivity contribution < 1.29 is 9.53 Å². The van der Waals surface area contributed by atoms with Crippen molar-refractivity contribution in [3.8, 4) is 6.01 Å². The Bertz CT molecular complexity index is 308. The SMILES string of the molecule is CNC(=O)c1cnc(OC(C)C)nc1. The molecule has 0 atom stereocenters. The molecule has 5 heteroatoms. The van der Waals surface area contributed by atoms with Gasteiger partial charge < -0.3 is 10.1 Å². The molecule has 0 bridgehead atoms. The van der Waals surface area contributed by atoms with E-state index in [-0.39, 0.29) is 18.0 Å². The van der Waals surface area contributed by atoms with Crippen LogP contribution in [-0.4, -0.2) is 29.0 Å². The Hall–Kier alpha value is -1.65. The fraction of sp³-hybridized carbons (Fsp3) is 0.444. The number of rotatable bonds is 3. The Morgan fingerprint density at radius 2 is 2.00 bits per heavy atom. The molecular weight excluding hydrogens is 182 g/mol. The van der Waals surface area contributed by atoms with Gasteiger partial charge in [0.05, 0.1) is 11.7 Å². The Morgan fingerprint density at radius 1 is 1.43 bits per heavy atom. The van der Waals surface area contributed by atoms with E-state index in [1.165, 1.54) is 12.4 Å². The van der Waals surface area contributed by atoms with Crippen molar-refractivity contribution in [1.82, 2.24) is 15.3 Å². The molecule has 0 radical (unpaired) electrons. The van der Waals surface area contributed by atoms with E-state index < -0.39 is 0 Å². The lowest BCUT2D eigenvalue weighted by atomic mass is 10.3. The van der Waals surface area contributed by atoms with Crippen molar-refractivity contribution in [2.24, 2.45) is 0 Å². The average molecular weight is 195 g/mol. The van der Waals surface area contributed by atoms with Crippen LogP contribution >= 0.6 is 0 Å². The third kappa shape index (κ3) is 2.69. The van der Waals surface area contributed by atoms with E-state index in [0.717, 1.165) is 0 Å². The monoisotopic (exact) mass is 195 g/mol. The zero-order valence-corrected chi connectivity index (χ0v) is 8.44. The molecule has 0 aliphatic rings. The predicted octanol–water partition coefficient (Wildman–Crippen LogP) is 0.623. The Kier molecular flexibility index (Phi) is 3.39. The number of ether oxygens (including phenoxy) is 1. The fourth-order valence-corrected chi connectivity index (χ4v) is 0.849. The van der Waals surface area contributed by atoms with Gasteiger partial charge in [0.15, 0.2) is 0 Å². The van der Waals surface area contributed by atoms with E-state index in [0.29, 0.717) is 5.56 Å². The molecule has 0 aromatic carbocycles. The van der Waals surface area contributed by atoms with E-state index in [9.17, 15) is 4.79 Å². The maximum Gasteiger partial charge on any atom is 0.316 e. The van der Waals surface area contributed by atoms with Gasteiger partial charge in [-0.25, -0.2) is 9.97 Å². The maximum atomic E-state index is 11.1. The molecule has 5 nitrogen and oxygen atoms in total. The van der Waals surface area contributed by atoms with Crippen LogP contribution < -0.4 is 10.1 Å². The van der Waals surface area contributed by atoms with Gasteiger partial charge in [-0.3, -0.25) is 4.79 Å². The zero-order valence-electron chi connectivity index (χ0n) is 8.44. The van der Waals surface area contributed by atoms with Crippen molar-refractivity contribution >= 4 is 5.91 Å². The first-order valence-corrected chi connectivity index (χ1v) is 4.34. The minimum atomic E-state index is -0.207. The summed E-state index contributed by atoms with van der Waals surface area (Å²) in [6.45, 7) is 3.77. The predicted molar refractivity (Wildman–Crippen MR) is 51.2 cm³/mol. The minimum absolute atomic E-state index is 0.0286. The van der Waals surface area contributed by atoms with Gasteiger partial charge in [-0.2, -0.15) is 0 Å². The van der Waals surface area contributed by atoms with Gasteiger partial charge in [0.25, 0.3) is 5.91 Å². The van der Waals surface area contributed by atoms with Gasteiger partial charge >= 0.3 is 6.01 Å². The highest BCUT2D eigenvalue weighted by molar-refractivity contribution is 5.93. The minimum Gasteiger partial charge on any atom is -0.461 e. The number of carbonyl (C=O) groups is 1. The lowest BCUT2D eigenvalue weighted by molar-refractivity contribution is 0.0962. The van der Waals surface area contributed by atoms with Crippen LogP contribution in [0.2, 0.25) is 0 Å². The zero-order chi connectivity index (χ0) is 10.6. The largest absolute Gasteiger partial charge is 0.461 e. The second-order valence-electron chi connectivity index (χ2n) is 3.00. The van der Waals surface area contributed by atoms with Crippen molar-refractivity contribution in [1.29, 1.82) is 0 Å². The summed E-state index contributed by atoms with van der Waals surface area (Å²) in [4.78, 5) is 18.9. The van der Waals surface area contributed by atoms with Gasteiger partial charge in [0, 0.05) is 19.4 Å². The second-order valence-corrected chi connectivity index (χ2v) is 3.00. The summed E-state index contributed by atoms with van der Waals surface area (Å²) < 4.78 is 5.23. The highest BCUT2D eigenvalue weighted by atomic mass is 16.5. The molecule has 0 saturated carbocycles. The summed E-state index contributed by atoms with van der Waals surface area (Å²) in [5.74, 6) is -0.207. The topological polar surface area (TPSA) is 64.1 Å². The summed E-state index contributed by atoms with van der Waals surface area (Å²) in [5.41, 5.74) is 0.420. The molecule has 0 aliphatic carbocycles. The first-order valence-electron chi connectivity index (χ1n) is 4.34. The van der Waals surface area contributed by atoms with Crippen LogP contribution in [0.15, 0.2) is 12.4 Å². The fourth-order valence-electron chi connectivity index (χ4n) is 0.849. The summed E-state index contributed by atoms with van der Waals surface area (Å²) in [6, 6.07) is 0.285. The third-order valence-electron chi connectivity index (χ3n) is 1.46. The third-order valence-corrected chi connectivity index (χ3v) is 1.46. The Morgan fingerprint density at radius 3 is 2.43 bits per heavy atom. The maximum absolute atomic E-state index is 11.1. The number of nitrogens with zero attached hydrogens (tertiary/aromatic N) is 2. The number of amides is 1.